The van der Waals surface area contributed by atoms with Gasteiger partial charge in [0, 0.05) is 28.8 Å². The lowest BCUT2D eigenvalue weighted by Crippen LogP contribution is -2.45. The molecule has 1 aromatic carbocycles. The molecule has 2 amide bonds. The molecule has 0 unspecified atom stereocenters. The molecule has 0 aliphatic carbocycles. The van der Waals surface area contributed by atoms with Gasteiger partial charge in [0.15, 0.2) is 6.61 Å². The van der Waals surface area contributed by atoms with Crippen molar-refractivity contribution in [2.24, 2.45) is 11.7 Å². The summed E-state index contributed by atoms with van der Waals surface area (Å²) in [5.74, 6) is -0.858. The van der Waals surface area contributed by atoms with Gasteiger partial charge in [-0.15, -0.1) is 11.8 Å². The highest BCUT2D eigenvalue weighted by atomic mass is 35.5. The molecular formula is C17H21ClN2O4S. The van der Waals surface area contributed by atoms with E-state index in [1.807, 2.05) is 12.1 Å². The molecule has 2 N–H and O–H groups in total. The van der Waals surface area contributed by atoms with E-state index in [1.165, 1.54) is 16.7 Å². The molecule has 1 aliphatic heterocycles. The average molecular weight is 385 g/mol. The molecule has 25 heavy (non-hydrogen) atoms. The minimum absolute atomic E-state index is 0.213. The summed E-state index contributed by atoms with van der Waals surface area (Å²) < 4.78 is 5.03. The number of primary amides is 1. The van der Waals surface area contributed by atoms with Gasteiger partial charge < -0.3 is 15.4 Å². The predicted octanol–water partition coefficient (Wildman–Crippen LogP) is 2.09. The topological polar surface area (TPSA) is 89.7 Å². The number of thioether (sulfide) groups is 1. The van der Waals surface area contributed by atoms with Crippen molar-refractivity contribution in [3.05, 3.63) is 29.3 Å². The summed E-state index contributed by atoms with van der Waals surface area (Å²) in [6, 6.07) is 7.35. The maximum Gasteiger partial charge on any atom is 0.307 e. The highest BCUT2D eigenvalue weighted by molar-refractivity contribution is 7.99. The summed E-state index contributed by atoms with van der Waals surface area (Å²) >= 11 is 7.33. The van der Waals surface area contributed by atoms with Crippen molar-refractivity contribution in [3.8, 4) is 0 Å². The Labute approximate surface area is 156 Å². The van der Waals surface area contributed by atoms with Gasteiger partial charge in [0.1, 0.15) is 0 Å². The molecule has 2 rings (SSSR count). The largest absolute Gasteiger partial charge is 0.456 e. The second-order valence-corrected chi connectivity index (χ2v) is 7.40. The summed E-state index contributed by atoms with van der Waals surface area (Å²) in [7, 11) is 0. The Balaban J connectivity index is 1.66. The molecule has 6 nitrogen and oxygen atoms in total. The molecule has 0 bridgehead atoms. The zero-order valence-electron chi connectivity index (χ0n) is 13.8. The smallest absolute Gasteiger partial charge is 0.307 e. The Bertz CT molecular complexity index is 624. The molecule has 1 atom stereocenters. The van der Waals surface area contributed by atoms with E-state index in [4.69, 9.17) is 22.1 Å². The number of nitrogens with zero attached hydrogens (tertiary/aromatic N) is 1. The second kappa shape index (κ2) is 9.68. The molecule has 0 aromatic heterocycles. The van der Waals surface area contributed by atoms with Crippen LogP contribution in [-0.4, -0.2) is 48.1 Å². The Morgan fingerprint density at radius 2 is 2.00 bits per heavy atom. The molecule has 0 saturated carbocycles. The first kappa shape index (κ1) is 19.6. The number of hydrogen-bond acceptors (Lipinski definition) is 5. The van der Waals surface area contributed by atoms with Crippen LogP contribution < -0.4 is 5.73 Å². The number of benzene rings is 1. The third-order valence-electron chi connectivity index (χ3n) is 3.92. The van der Waals surface area contributed by atoms with E-state index < -0.39 is 11.9 Å². The SMILES string of the molecule is NC(=O)[C@@H]1CCCN(C(=O)COC(=O)CCSc2ccc(Cl)cc2)C1. The Kier molecular flexibility index (Phi) is 7.58. The maximum atomic E-state index is 12.1. The number of amides is 2. The van der Waals surface area contributed by atoms with E-state index in [1.54, 1.807) is 12.1 Å². The van der Waals surface area contributed by atoms with Crippen molar-refractivity contribution in [2.75, 3.05) is 25.4 Å². The summed E-state index contributed by atoms with van der Waals surface area (Å²) in [6.45, 7) is 0.570. The van der Waals surface area contributed by atoms with Gasteiger partial charge in [-0.1, -0.05) is 11.6 Å². The van der Waals surface area contributed by atoms with Crippen molar-refractivity contribution < 1.29 is 19.1 Å². The predicted molar refractivity (Wildman–Crippen MR) is 96.3 cm³/mol. The third-order valence-corrected chi connectivity index (χ3v) is 5.19. The zero-order chi connectivity index (χ0) is 18.2. The first-order valence-electron chi connectivity index (χ1n) is 8.07. The number of ether oxygens (including phenoxy) is 1. The van der Waals surface area contributed by atoms with Crippen molar-refractivity contribution in [1.82, 2.24) is 4.90 Å². The lowest BCUT2D eigenvalue weighted by atomic mass is 9.97. The van der Waals surface area contributed by atoms with E-state index in [2.05, 4.69) is 0 Å². The number of likely N-dealkylation sites (tertiary alicyclic amines) is 1. The van der Waals surface area contributed by atoms with Gasteiger partial charge in [0.05, 0.1) is 12.3 Å². The van der Waals surface area contributed by atoms with Crippen LogP contribution in [0.25, 0.3) is 0 Å². The molecular weight excluding hydrogens is 364 g/mol. The molecule has 8 heteroatoms. The number of esters is 1. The number of rotatable bonds is 7. The van der Waals surface area contributed by atoms with Crippen LogP contribution in [-0.2, 0) is 19.1 Å². The van der Waals surface area contributed by atoms with Crippen LogP contribution in [0.2, 0.25) is 5.02 Å². The second-order valence-electron chi connectivity index (χ2n) is 5.79. The first-order chi connectivity index (χ1) is 12.0. The number of hydrogen-bond donors (Lipinski definition) is 1. The van der Waals surface area contributed by atoms with Gasteiger partial charge in [0.25, 0.3) is 5.91 Å². The molecule has 1 aromatic rings. The Morgan fingerprint density at radius 3 is 2.68 bits per heavy atom. The molecule has 136 valence electrons. The van der Waals surface area contributed by atoms with E-state index in [-0.39, 0.29) is 24.9 Å². The summed E-state index contributed by atoms with van der Waals surface area (Å²) in [5, 5.41) is 0.665. The van der Waals surface area contributed by atoms with Crippen LogP contribution in [0.5, 0.6) is 0 Å². The third kappa shape index (κ3) is 6.59. The summed E-state index contributed by atoms with van der Waals surface area (Å²) in [4.78, 5) is 37.6. The van der Waals surface area contributed by atoms with Crippen molar-refractivity contribution in [3.63, 3.8) is 0 Å². The highest BCUT2D eigenvalue weighted by Gasteiger charge is 2.27. The van der Waals surface area contributed by atoms with Crippen LogP contribution in [0.1, 0.15) is 19.3 Å². The molecule has 0 radical (unpaired) electrons. The van der Waals surface area contributed by atoms with Crippen LogP contribution in [0, 0.1) is 5.92 Å². The van der Waals surface area contributed by atoms with Crippen LogP contribution in [0.15, 0.2) is 29.2 Å². The number of carbonyl (C=O) groups excluding carboxylic acids is 3. The summed E-state index contributed by atoms with van der Waals surface area (Å²) in [5.41, 5.74) is 5.29. The Morgan fingerprint density at radius 1 is 1.28 bits per heavy atom. The van der Waals surface area contributed by atoms with Gasteiger partial charge in [-0.25, -0.2) is 0 Å². The highest BCUT2D eigenvalue weighted by Crippen LogP contribution is 2.21. The van der Waals surface area contributed by atoms with E-state index in [9.17, 15) is 14.4 Å². The standard InChI is InChI=1S/C17H21ClN2O4S/c18-13-3-5-14(6-4-13)25-9-7-16(22)24-11-15(21)20-8-1-2-12(10-20)17(19)23/h3-6,12H,1-2,7-11H2,(H2,19,23)/t12-/m1/s1. The van der Waals surface area contributed by atoms with Gasteiger partial charge in [-0.2, -0.15) is 0 Å². The molecule has 1 saturated heterocycles. The molecule has 1 aliphatic rings. The summed E-state index contributed by atoms with van der Waals surface area (Å²) in [6.07, 6.45) is 1.64. The number of carbonyl (C=O) groups is 3. The molecule has 1 heterocycles. The van der Waals surface area contributed by atoms with E-state index in [0.29, 0.717) is 30.3 Å². The fraction of sp³-hybridized carbons (Fsp3) is 0.471. The minimum Gasteiger partial charge on any atom is -0.456 e. The van der Waals surface area contributed by atoms with E-state index in [0.717, 1.165) is 11.3 Å². The van der Waals surface area contributed by atoms with Crippen LogP contribution in [0.3, 0.4) is 0 Å². The lowest BCUT2D eigenvalue weighted by molar-refractivity contribution is -0.152. The normalized spacial score (nSPS) is 17.2. The van der Waals surface area contributed by atoms with E-state index >= 15 is 0 Å². The van der Waals surface area contributed by atoms with Crippen molar-refractivity contribution in [2.45, 2.75) is 24.2 Å². The van der Waals surface area contributed by atoms with Crippen molar-refractivity contribution in [1.29, 1.82) is 0 Å². The minimum atomic E-state index is -0.418. The first-order valence-corrected chi connectivity index (χ1v) is 9.43. The number of halogens is 1. The monoisotopic (exact) mass is 384 g/mol. The number of nitrogens with two attached hydrogens (primary N) is 1. The van der Waals surface area contributed by atoms with Gasteiger partial charge in [-0.3, -0.25) is 14.4 Å². The fourth-order valence-electron chi connectivity index (χ4n) is 2.52. The molecule has 0 spiro atoms. The average Bonchev–Trinajstić information content (AvgIpc) is 2.61. The Hall–Kier alpha value is -1.73. The van der Waals surface area contributed by atoms with Crippen LogP contribution in [0.4, 0.5) is 0 Å². The van der Waals surface area contributed by atoms with Crippen molar-refractivity contribution >= 4 is 41.1 Å². The fourth-order valence-corrected chi connectivity index (χ4v) is 3.48. The maximum absolute atomic E-state index is 12.1. The van der Waals surface area contributed by atoms with Gasteiger partial charge in [-0.05, 0) is 37.1 Å². The molecule has 1 fully saturated rings. The lowest BCUT2D eigenvalue weighted by Gasteiger charge is -2.31. The quantitative estimate of drug-likeness (QED) is 0.574. The number of piperidine rings is 1. The van der Waals surface area contributed by atoms with Gasteiger partial charge in [0.2, 0.25) is 5.91 Å². The zero-order valence-corrected chi connectivity index (χ0v) is 15.4. The van der Waals surface area contributed by atoms with Gasteiger partial charge >= 0.3 is 5.97 Å². The van der Waals surface area contributed by atoms with Crippen LogP contribution >= 0.6 is 23.4 Å².